The molecule has 1 amide bonds. The number of nitrogens with one attached hydrogen (secondary N) is 1. The molecule has 0 aliphatic carbocycles. The van der Waals surface area contributed by atoms with Gasteiger partial charge in [-0.15, -0.1) is 0 Å². The van der Waals surface area contributed by atoms with Crippen molar-refractivity contribution in [3.8, 4) is 0 Å². The van der Waals surface area contributed by atoms with Crippen molar-refractivity contribution in [3.05, 3.63) is 28.5 Å². The van der Waals surface area contributed by atoms with Gasteiger partial charge in [0.2, 0.25) is 0 Å². The molecule has 0 fully saturated rings. The second-order valence-corrected chi connectivity index (χ2v) is 4.80. The maximum absolute atomic E-state index is 11.6. The van der Waals surface area contributed by atoms with Gasteiger partial charge in [-0.25, -0.2) is 4.98 Å². The van der Waals surface area contributed by atoms with Gasteiger partial charge in [0.15, 0.2) is 0 Å². The van der Waals surface area contributed by atoms with E-state index in [1.807, 2.05) is 13.8 Å². The van der Waals surface area contributed by atoms with Crippen molar-refractivity contribution < 1.29 is 9.90 Å². The Kier molecular flexibility index (Phi) is 4.89. The normalized spacial score (nSPS) is 12.6. The number of carbonyl (C=O) groups excluding carboxylic acids is 1. The Hall–Kier alpha value is -0.940. The molecule has 0 saturated heterocycles. The first kappa shape index (κ1) is 13.1. The first-order valence-electron chi connectivity index (χ1n) is 5.08. The minimum Gasteiger partial charge on any atom is -0.391 e. The van der Waals surface area contributed by atoms with Crippen molar-refractivity contribution in [1.29, 1.82) is 0 Å². The van der Waals surface area contributed by atoms with Crippen LogP contribution in [0.25, 0.3) is 0 Å². The molecule has 1 aromatic rings. The molecule has 0 bridgehead atoms. The standard InChI is InChI=1S/C11H15BrN2O2/c1-7(2)10(15)6-14-11(16)9-4-3-8(12)5-13-9/h3-5,7,10,15H,6H2,1-2H3,(H,14,16). The third-order valence-corrected chi connectivity index (χ3v) is 2.67. The van der Waals surface area contributed by atoms with Gasteiger partial charge in [-0.2, -0.15) is 0 Å². The van der Waals surface area contributed by atoms with Crippen LogP contribution in [0, 0.1) is 5.92 Å². The molecule has 0 saturated carbocycles. The molecule has 0 radical (unpaired) electrons. The van der Waals surface area contributed by atoms with Crippen LogP contribution in [0.1, 0.15) is 24.3 Å². The zero-order valence-electron chi connectivity index (χ0n) is 9.27. The fraction of sp³-hybridized carbons (Fsp3) is 0.455. The Labute approximate surface area is 103 Å². The minimum absolute atomic E-state index is 0.123. The summed E-state index contributed by atoms with van der Waals surface area (Å²) in [4.78, 5) is 15.5. The summed E-state index contributed by atoms with van der Waals surface area (Å²) in [5.74, 6) is -0.148. The second kappa shape index (κ2) is 5.96. The molecule has 5 heteroatoms. The summed E-state index contributed by atoms with van der Waals surface area (Å²) in [7, 11) is 0. The highest BCUT2D eigenvalue weighted by atomic mass is 79.9. The number of pyridine rings is 1. The lowest BCUT2D eigenvalue weighted by Gasteiger charge is -2.14. The number of rotatable bonds is 4. The van der Waals surface area contributed by atoms with Crippen molar-refractivity contribution in [1.82, 2.24) is 10.3 Å². The molecule has 0 spiro atoms. The number of carbonyl (C=O) groups is 1. The Morgan fingerprint density at radius 2 is 2.25 bits per heavy atom. The summed E-state index contributed by atoms with van der Waals surface area (Å²) >= 11 is 3.24. The van der Waals surface area contributed by atoms with Crippen molar-refractivity contribution >= 4 is 21.8 Å². The van der Waals surface area contributed by atoms with E-state index in [-0.39, 0.29) is 18.4 Å². The van der Waals surface area contributed by atoms with Gasteiger partial charge in [0.25, 0.3) is 5.91 Å². The van der Waals surface area contributed by atoms with E-state index in [1.54, 1.807) is 18.3 Å². The van der Waals surface area contributed by atoms with Gasteiger partial charge in [-0.1, -0.05) is 13.8 Å². The van der Waals surface area contributed by atoms with Gasteiger partial charge in [0.05, 0.1) is 6.10 Å². The summed E-state index contributed by atoms with van der Waals surface area (Å²) < 4.78 is 0.825. The molecule has 1 heterocycles. The molecule has 0 aliphatic heterocycles. The van der Waals surface area contributed by atoms with Crippen molar-refractivity contribution in [2.75, 3.05) is 6.54 Å². The monoisotopic (exact) mass is 286 g/mol. The summed E-state index contributed by atoms with van der Waals surface area (Å²) in [5.41, 5.74) is 0.346. The van der Waals surface area contributed by atoms with Gasteiger partial charge in [0, 0.05) is 17.2 Å². The number of amides is 1. The molecule has 1 aromatic heterocycles. The fourth-order valence-electron chi connectivity index (χ4n) is 1.03. The molecule has 1 unspecified atom stereocenters. The van der Waals surface area contributed by atoms with Gasteiger partial charge in [-0.3, -0.25) is 4.79 Å². The maximum atomic E-state index is 11.6. The molecule has 0 aromatic carbocycles. The summed E-state index contributed by atoms with van der Waals surface area (Å²) in [6, 6.07) is 3.38. The van der Waals surface area contributed by atoms with E-state index in [2.05, 4.69) is 26.2 Å². The predicted octanol–water partition coefficient (Wildman–Crippen LogP) is 1.59. The number of nitrogens with zero attached hydrogens (tertiary/aromatic N) is 1. The number of aliphatic hydroxyl groups is 1. The van der Waals surface area contributed by atoms with Crippen LogP contribution >= 0.6 is 15.9 Å². The molecule has 88 valence electrons. The lowest BCUT2D eigenvalue weighted by atomic mass is 10.1. The highest BCUT2D eigenvalue weighted by molar-refractivity contribution is 9.10. The largest absolute Gasteiger partial charge is 0.391 e. The van der Waals surface area contributed by atoms with Gasteiger partial charge >= 0.3 is 0 Å². The van der Waals surface area contributed by atoms with E-state index >= 15 is 0 Å². The number of hydrogen-bond donors (Lipinski definition) is 2. The average Bonchev–Trinajstić information content (AvgIpc) is 2.26. The fourth-order valence-corrected chi connectivity index (χ4v) is 1.27. The first-order chi connectivity index (χ1) is 7.50. The Morgan fingerprint density at radius 3 is 2.75 bits per heavy atom. The molecular weight excluding hydrogens is 272 g/mol. The molecule has 1 rings (SSSR count). The number of halogens is 1. The second-order valence-electron chi connectivity index (χ2n) is 3.88. The van der Waals surface area contributed by atoms with Crippen LogP contribution < -0.4 is 5.32 Å². The Bertz CT molecular complexity index is 352. The highest BCUT2D eigenvalue weighted by Gasteiger charge is 2.12. The molecule has 2 N–H and O–H groups in total. The van der Waals surface area contributed by atoms with Gasteiger partial charge in [-0.05, 0) is 34.0 Å². The Balaban J connectivity index is 2.50. The molecule has 0 aliphatic rings. The van der Waals surface area contributed by atoms with Crippen LogP contribution in [0.4, 0.5) is 0 Å². The van der Waals surface area contributed by atoms with Crippen molar-refractivity contribution in [2.24, 2.45) is 5.92 Å². The van der Waals surface area contributed by atoms with Crippen LogP contribution in [-0.4, -0.2) is 28.6 Å². The van der Waals surface area contributed by atoms with E-state index in [9.17, 15) is 9.90 Å². The highest BCUT2D eigenvalue weighted by Crippen LogP contribution is 2.07. The molecular formula is C11H15BrN2O2. The topological polar surface area (TPSA) is 62.2 Å². The van der Waals surface area contributed by atoms with E-state index in [0.29, 0.717) is 5.69 Å². The minimum atomic E-state index is -0.528. The van der Waals surface area contributed by atoms with Gasteiger partial charge in [0.1, 0.15) is 5.69 Å². The van der Waals surface area contributed by atoms with Crippen LogP contribution in [-0.2, 0) is 0 Å². The number of aliphatic hydroxyl groups excluding tert-OH is 1. The maximum Gasteiger partial charge on any atom is 0.269 e. The van der Waals surface area contributed by atoms with Crippen LogP contribution in [0.15, 0.2) is 22.8 Å². The third-order valence-electron chi connectivity index (χ3n) is 2.20. The lowest BCUT2D eigenvalue weighted by Crippen LogP contribution is -2.35. The van der Waals surface area contributed by atoms with Crippen LogP contribution in [0.5, 0.6) is 0 Å². The van der Waals surface area contributed by atoms with E-state index in [0.717, 1.165) is 4.47 Å². The van der Waals surface area contributed by atoms with Crippen molar-refractivity contribution in [3.63, 3.8) is 0 Å². The van der Waals surface area contributed by atoms with Gasteiger partial charge < -0.3 is 10.4 Å². The SMILES string of the molecule is CC(C)C(O)CNC(=O)c1ccc(Br)cn1. The van der Waals surface area contributed by atoms with E-state index < -0.39 is 6.10 Å². The van der Waals surface area contributed by atoms with Crippen LogP contribution in [0.2, 0.25) is 0 Å². The number of aromatic nitrogens is 1. The van der Waals surface area contributed by atoms with Crippen molar-refractivity contribution in [2.45, 2.75) is 20.0 Å². The van der Waals surface area contributed by atoms with Crippen LogP contribution in [0.3, 0.4) is 0 Å². The first-order valence-corrected chi connectivity index (χ1v) is 5.88. The number of hydrogen-bond acceptors (Lipinski definition) is 3. The molecule has 1 atom stereocenters. The van der Waals surface area contributed by atoms with E-state index in [1.165, 1.54) is 0 Å². The molecule has 4 nitrogen and oxygen atoms in total. The Morgan fingerprint density at radius 1 is 1.56 bits per heavy atom. The molecule has 16 heavy (non-hydrogen) atoms. The average molecular weight is 287 g/mol. The smallest absolute Gasteiger partial charge is 0.269 e. The van der Waals surface area contributed by atoms with E-state index in [4.69, 9.17) is 0 Å². The zero-order valence-corrected chi connectivity index (χ0v) is 10.9. The lowest BCUT2D eigenvalue weighted by molar-refractivity contribution is 0.0867. The summed E-state index contributed by atoms with van der Waals surface area (Å²) in [6.07, 6.45) is 1.03. The summed E-state index contributed by atoms with van der Waals surface area (Å²) in [6.45, 7) is 4.04. The third kappa shape index (κ3) is 3.90. The zero-order chi connectivity index (χ0) is 12.1. The summed E-state index contributed by atoms with van der Waals surface area (Å²) in [5, 5.41) is 12.2. The quantitative estimate of drug-likeness (QED) is 0.884. The predicted molar refractivity (Wildman–Crippen MR) is 65.1 cm³/mol.